The van der Waals surface area contributed by atoms with Crippen LogP contribution in [0.3, 0.4) is 0 Å². The second-order valence-corrected chi connectivity index (χ2v) is 9.54. The van der Waals surface area contributed by atoms with Crippen LogP contribution in [-0.2, 0) is 14.3 Å². The fourth-order valence-electron chi connectivity index (χ4n) is 2.54. The van der Waals surface area contributed by atoms with Gasteiger partial charge in [0.1, 0.15) is 25.0 Å². The lowest BCUT2D eigenvalue weighted by Gasteiger charge is -2.17. The summed E-state index contributed by atoms with van der Waals surface area (Å²) < 4.78 is 23.8. The Morgan fingerprint density at radius 1 is 1.33 bits per heavy atom. The van der Waals surface area contributed by atoms with Crippen molar-refractivity contribution < 1.29 is 18.5 Å². The third-order valence-corrected chi connectivity index (χ3v) is 7.21. The molecule has 1 aromatic heterocycles. The summed E-state index contributed by atoms with van der Waals surface area (Å²) >= 11 is 1.61. The number of anilines is 1. The maximum Gasteiger partial charge on any atom is 0.188 e. The molecule has 0 spiro atoms. The van der Waals surface area contributed by atoms with Gasteiger partial charge in [-0.1, -0.05) is 30.4 Å². The van der Waals surface area contributed by atoms with Gasteiger partial charge in [0, 0.05) is 19.2 Å². The predicted molar refractivity (Wildman–Crippen MR) is 113 cm³/mol. The van der Waals surface area contributed by atoms with E-state index in [1.54, 1.807) is 34.3 Å². The molecule has 27 heavy (non-hydrogen) atoms. The average Bonchev–Trinajstić information content (AvgIpc) is 3.15. The zero-order chi connectivity index (χ0) is 19.3. The molecule has 0 saturated carbocycles. The maximum absolute atomic E-state index is 11.6. The first kappa shape index (κ1) is 19.4. The largest absolute Gasteiger partial charge is 0.486 e. The number of rotatable bonds is 4. The second kappa shape index (κ2) is 8.58. The van der Waals surface area contributed by atoms with Gasteiger partial charge in [0.05, 0.1) is 4.70 Å². The molecule has 0 bridgehead atoms. The number of carbonyl (C=O) groups excluding carboxylic acids is 1. The van der Waals surface area contributed by atoms with E-state index in [1.165, 1.54) is 0 Å². The molecule has 1 atom stereocenters. The number of carbonyl (C=O) groups is 1. The molecule has 1 aromatic carbocycles. The van der Waals surface area contributed by atoms with Crippen LogP contribution >= 0.6 is 11.3 Å². The molecule has 0 aliphatic carbocycles. The number of hydrogen-bond acceptors (Lipinski definition) is 7. The van der Waals surface area contributed by atoms with Gasteiger partial charge < -0.3 is 19.6 Å². The molecule has 8 heteroatoms. The van der Waals surface area contributed by atoms with Crippen molar-refractivity contribution in [3.63, 3.8) is 0 Å². The summed E-state index contributed by atoms with van der Waals surface area (Å²) in [6.45, 7) is 3.10. The van der Waals surface area contributed by atoms with E-state index in [0.717, 1.165) is 38.7 Å². The fraction of sp³-hybridized carbons (Fsp3) is 0.316. The van der Waals surface area contributed by atoms with Crippen molar-refractivity contribution in [1.29, 1.82) is 0 Å². The number of aromatic nitrogens is 1. The SMILES string of the molecule is CCS1(=O)=CC=C(CC=O)C=C1.CNc1nc2c3c(ccc2s1)OCCO3. The number of fused-ring (bicyclic) bond motifs is 3. The Bertz CT molecular complexity index is 1010. The van der Waals surface area contributed by atoms with Gasteiger partial charge in [0.2, 0.25) is 0 Å². The first-order valence-electron chi connectivity index (χ1n) is 8.63. The molecule has 6 nitrogen and oxygen atoms in total. The van der Waals surface area contributed by atoms with E-state index in [4.69, 9.17) is 9.47 Å². The lowest BCUT2D eigenvalue weighted by atomic mass is 10.2. The molecule has 3 heterocycles. The molecule has 1 N–H and O–H groups in total. The molecule has 0 fully saturated rings. The third-order valence-electron chi connectivity index (χ3n) is 4.07. The summed E-state index contributed by atoms with van der Waals surface area (Å²) in [5.41, 5.74) is 1.82. The van der Waals surface area contributed by atoms with E-state index in [0.29, 0.717) is 25.4 Å². The topological polar surface area (TPSA) is 77.5 Å². The molecular formula is C19H22N2O4S2. The Kier molecular flexibility index (Phi) is 6.18. The average molecular weight is 407 g/mol. The highest BCUT2D eigenvalue weighted by atomic mass is 32.2. The van der Waals surface area contributed by atoms with E-state index in [9.17, 15) is 9.00 Å². The van der Waals surface area contributed by atoms with Gasteiger partial charge in [-0.05, 0) is 38.0 Å². The van der Waals surface area contributed by atoms with Crippen LogP contribution in [0.15, 0.2) is 35.3 Å². The van der Waals surface area contributed by atoms with Gasteiger partial charge in [-0.25, -0.2) is 4.98 Å². The Hall–Kier alpha value is -2.32. The molecule has 0 radical (unpaired) electrons. The molecular weight excluding hydrogens is 384 g/mol. The zero-order valence-electron chi connectivity index (χ0n) is 15.3. The standard InChI is InChI=1S/C10H10N2O2S.C9H12O2S/c1-11-10-12-8-7(15-10)3-2-6-9(8)14-5-4-13-6;1-2-12(11)7-4-9(3-6-10)5-8-12/h2-3H,4-5H2,1H3,(H,11,12);4-8H,2-3H2,1H3. The van der Waals surface area contributed by atoms with E-state index in [2.05, 4.69) is 10.3 Å². The summed E-state index contributed by atoms with van der Waals surface area (Å²) in [4.78, 5) is 14.6. The van der Waals surface area contributed by atoms with E-state index < -0.39 is 9.52 Å². The lowest BCUT2D eigenvalue weighted by molar-refractivity contribution is -0.107. The number of benzene rings is 1. The van der Waals surface area contributed by atoms with Crippen LogP contribution in [0.1, 0.15) is 13.3 Å². The number of allylic oxidation sites excluding steroid dienone is 3. The van der Waals surface area contributed by atoms with Crippen LogP contribution in [0.25, 0.3) is 10.2 Å². The Balaban J connectivity index is 0.000000161. The summed E-state index contributed by atoms with van der Waals surface area (Å²) in [7, 11) is -0.0146. The fourth-order valence-corrected chi connectivity index (χ4v) is 4.64. The third kappa shape index (κ3) is 4.51. The van der Waals surface area contributed by atoms with Gasteiger partial charge in [-0.15, -0.1) is 0 Å². The molecule has 2 aliphatic rings. The van der Waals surface area contributed by atoms with E-state index in [-0.39, 0.29) is 0 Å². The summed E-state index contributed by atoms with van der Waals surface area (Å²) in [6, 6.07) is 3.95. The van der Waals surface area contributed by atoms with Crippen LogP contribution in [-0.4, -0.2) is 46.9 Å². The lowest BCUT2D eigenvalue weighted by Crippen LogP contribution is -2.15. The van der Waals surface area contributed by atoms with E-state index >= 15 is 0 Å². The van der Waals surface area contributed by atoms with Crippen molar-refractivity contribution in [2.24, 2.45) is 0 Å². The highest BCUT2D eigenvalue weighted by Gasteiger charge is 2.17. The van der Waals surface area contributed by atoms with Crippen molar-refractivity contribution >= 4 is 47.9 Å². The summed E-state index contributed by atoms with van der Waals surface area (Å²) in [6.07, 6.45) is 4.82. The highest BCUT2D eigenvalue weighted by Crippen LogP contribution is 2.40. The first-order valence-corrected chi connectivity index (χ1v) is 11.3. The van der Waals surface area contributed by atoms with E-state index in [1.807, 2.05) is 26.1 Å². The van der Waals surface area contributed by atoms with Crippen LogP contribution in [0.4, 0.5) is 5.13 Å². The maximum atomic E-state index is 11.6. The number of ether oxygens (including phenoxy) is 2. The molecule has 2 aromatic rings. The molecule has 0 saturated heterocycles. The van der Waals surface area contributed by atoms with Crippen LogP contribution in [0.2, 0.25) is 0 Å². The Morgan fingerprint density at radius 3 is 2.81 bits per heavy atom. The van der Waals surface area contributed by atoms with Crippen LogP contribution in [0, 0.1) is 0 Å². The minimum absolute atomic E-state index is 0.409. The van der Waals surface area contributed by atoms with Crippen molar-refractivity contribution in [2.45, 2.75) is 13.3 Å². The number of aldehydes is 1. The normalized spacial score (nSPS) is 20.1. The second-order valence-electron chi connectivity index (χ2n) is 5.83. The van der Waals surface area contributed by atoms with Crippen molar-refractivity contribution in [3.05, 3.63) is 35.3 Å². The van der Waals surface area contributed by atoms with Gasteiger partial charge >= 0.3 is 0 Å². The Labute approximate surface area is 162 Å². The Morgan fingerprint density at radius 2 is 2.15 bits per heavy atom. The van der Waals surface area contributed by atoms with Gasteiger partial charge in [0.15, 0.2) is 16.6 Å². The number of nitrogens with zero attached hydrogens (tertiary/aromatic N) is 1. The highest BCUT2D eigenvalue weighted by molar-refractivity contribution is 8.04. The molecule has 1 unspecified atom stereocenters. The van der Waals surface area contributed by atoms with Gasteiger partial charge in [0.25, 0.3) is 0 Å². The van der Waals surface area contributed by atoms with Crippen molar-refractivity contribution in [1.82, 2.24) is 4.98 Å². The number of hydrogen-bond donors (Lipinski definition) is 1. The smallest absolute Gasteiger partial charge is 0.188 e. The van der Waals surface area contributed by atoms with Crippen LogP contribution in [0.5, 0.6) is 11.5 Å². The summed E-state index contributed by atoms with van der Waals surface area (Å²) in [5.74, 6) is 2.20. The first-order chi connectivity index (χ1) is 13.1. The monoisotopic (exact) mass is 406 g/mol. The minimum Gasteiger partial charge on any atom is -0.486 e. The number of thiazole rings is 1. The molecule has 0 amide bonds. The molecule has 144 valence electrons. The quantitative estimate of drug-likeness (QED) is 0.620. The summed E-state index contributed by atoms with van der Waals surface area (Å²) in [5, 5.41) is 7.33. The molecule has 4 rings (SSSR count). The van der Waals surface area contributed by atoms with Crippen LogP contribution < -0.4 is 14.8 Å². The van der Waals surface area contributed by atoms with Crippen molar-refractivity contribution in [2.75, 3.05) is 31.3 Å². The van der Waals surface area contributed by atoms with Gasteiger partial charge in [-0.2, -0.15) is 0 Å². The predicted octanol–water partition coefficient (Wildman–Crippen LogP) is 3.24. The molecule has 2 aliphatic heterocycles. The number of nitrogens with one attached hydrogen (secondary N) is 1. The van der Waals surface area contributed by atoms with Gasteiger partial charge in [-0.3, -0.25) is 4.21 Å². The zero-order valence-corrected chi connectivity index (χ0v) is 16.9. The minimum atomic E-state index is -1.88. The van der Waals surface area contributed by atoms with Crippen molar-refractivity contribution in [3.8, 4) is 11.5 Å².